The average Bonchev–Trinajstić information content (AvgIpc) is 2.50. The fourth-order valence-electron chi connectivity index (χ4n) is 1.70. The molecule has 0 aliphatic carbocycles. The van der Waals surface area contributed by atoms with Crippen LogP contribution in [0, 0.1) is 0 Å². The minimum atomic E-state index is -1.11. The van der Waals surface area contributed by atoms with Crippen molar-refractivity contribution in [1.29, 1.82) is 0 Å². The number of rotatable bonds is 9. The van der Waals surface area contributed by atoms with Gasteiger partial charge >= 0.3 is 5.97 Å². The molecule has 1 unspecified atom stereocenters. The van der Waals surface area contributed by atoms with Gasteiger partial charge in [0.05, 0.1) is 6.61 Å². The highest BCUT2D eigenvalue weighted by Crippen LogP contribution is 2.14. The Morgan fingerprint density at radius 1 is 1.18 bits per heavy atom. The number of nitrogens with one attached hydrogen (secondary N) is 1. The fraction of sp³-hybridized carbons (Fsp3) is 0.438. The number of ketones is 1. The molecular formula is C16H21NO5. The second kappa shape index (κ2) is 8.81. The summed E-state index contributed by atoms with van der Waals surface area (Å²) in [6, 6.07) is 5.79. The van der Waals surface area contributed by atoms with Gasteiger partial charge < -0.3 is 15.2 Å². The molecule has 0 spiro atoms. The molecule has 1 aromatic carbocycles. The number of hydrogen-bond acceptors (Lipinski definition) is 4. The molecule has 1 aromatic rings. The van der Waals surface area contributed by atoms with Crippen molar-refractivity contribution in [2.75, 3.05) is 6.61 Å². The van der Waals surface area contributed by atoms with Crippen molar-refractivity contribution in [1.82, 2.24) is 5.32 Å². The predicted molar refractivity (Wildman–Crippen MR) is 81.0 cm³/mol. The van der Waals surface area contributed by atoms with Gasteiger partial charge in [0.2, 0.25) is 5.91 Å². The lowest BCUT2D eigenvalue weighted by Gasteiger charge is -2.09. The summed E-state index contributed by atoms with van der Waals surface area (Å²) in [6.45, 7) is 4.00. The molecule has 22 heavy (non-hydrogen) atoms. The molecule has 1 amide bonds. The van der Waals surface area contributed by atoms with E-state index in [1.807, 2.05) is 6.92 Å². The lowest BCUT2D eigenvalue weighted by molar-refractivity contribution is -0.141. The average molecular weight is 307 g/mol. The van der Waals surface area contributed by atoms with Gasteiger partial charge in [-0.1, -0.05) is 6.92 Å². The fourth-order valence-corrected chi connectivity index (χ4v) is 1.70. The predicted octanol–water partition coefficient (Wildman–Crippen LogP) is 2.03. The van der Waals surface area contributed by atoms with Gasteiger partial charge in [-0.2, -0.15) is 0 Å². The summed E-state index contributed by atoms with van der Waals surface area (Å²) in [7, 11) is 0. The largest absolute Gasteiger partial charge is 0.494 e. The smallest absolute Gasteiger partial charge is 0.325 e. The van der Waals surface area contributed by atoms with Crippen molar-refractivity contribution in [3.8, 4) is 5.75 Å². The van der Waals surface area contributed by atoms with Gasteiger partial charge in [0.15, 0.2) is 5.78 Å². The van der Waals surface area contributed by atoms with E-state index in [9.17, 15) is 14.4 Å². The van der Waals surface area contributed by atoms with Crippen molar-refractivity contribution in [3.63, 3.8) is 0 Å². The topological polar surface area (TPSA) is 92.7 Å². The molecular weight excluding hydrogens is 286 g/mol. The molecule has 2 N–H and O–H groups in total. The summed E-state index contributed by atoms with van der Waals surface area (Å²) in [5.41, 5.74) is 0.503. The Labute approximate surface area is 129 Å². The summed E-state index contributed by atoms with van der Waals surface area (Å²) in [5, 5.41) is 11.0. The van der Waals surface area contributed by atoms with Crippen LogP contribution in [0.4, 0.5) is 0 Å². The first kappa shape index (κ1) is 17.7. The van der Waals surface area contributed by atoms with Gasteiger partial charge in [0.1, 0.15) is 11.8 Å². The third-order valence-corrected chi connectivity index (χ3v) is 2.98. The third kappa shape index (κ3) is 5.95. The van der Waals surface area contributed by atoms with E-state index < -0.39 is 17.9 Å². The normalized spacial score (nSPS) is 11.5. The van der Waals surface area contributed by atoms with E-state index in [1.165, 1.54) is 6.92 Å². The van der Waals surface area contributed by atoms with Crippen LogP contribution < -0.4 is 10.1 Å². The van der Waals surface area contributed by atoms with Crippen LogP contribution >= 0.6 is 0 Å². The lowest BCUT2D eigenvalue weighted by Crippen LogP contribution is -2.38. The minimum absolute atomic E-state index is 0.0351. The SMILES string of the molecule is CCCOc1ccc(C(=O)CCC(=O)NC(C)C(=O)O)cc1. The van der Waals surface area contributed by atoms with E-state index in [0.717, 1.165) is 6.42 Å². The third-order valence-electron chi connectivity index (χ3n) is 2.98. The molecule has 6 heteroatoms. The van der Waals surface area contributed by atoms with Crippen molar-refractivity contribution < 1.29 is 24.2 Å². The van der Waals surface area contributed by atoms with Gasteiger partial charge in [-0.3, -0.25) is 14.4 Å². The van der Waals surface area contributed by atoms with Crippen molar-refractivity contribution in [3.05, 3.63) is 29.8 Å². The Hall–Kier alpha value is -2.37. The first-order chi connectivity index (χ1) is 10.4. The Morgan fingerprint density at radius 2 is 1.82 bits per heavy atom. The molecule has 0 aromatic heterocycles. The zero-order valence-corrected chi connectivity index (χ0v) is 12.8. The van der Waals surface area contributed by atoms with Gasteiger partial charge in [-0.05, 0) is 37.6 Å². The number of carbonyl (C=O) groups is 3. The first-order valence-electron chi connectivity index (χ1n) is 7.22. The number of amides is 1. The molecule has 0 bridgehead atoms. The number of Topliss-reactive ketones (excluding diaryl/α,β-unsaturated/α-hetero) is 1. The first-order valence-corrected chi connectivity index (χ1v) is 7.22. The van der Waals surface area contributed by atoms with Crippen LogP contribution in [0.1, 0.15) is 43.5 Å². The molecule has 6 nitrogen and oxygen atoms in total. The summed E-state index contributed by atoms with van der Waals surface area (Å²) in [5.74, 6) is -1.03. The number of benzene rings is 1. The highest BCUT2D eigenvalue weighted by molar-refractivity contribution is 5.98. The summed E-state index contributed by atoms with van der Waals surface area (Å²) in [6.07, 6.45) is 0.905. The van der Waals surface area contributed by atoms with Crippen LogP contribution in [0.15, 0.2) is 24.3 Å². The summed E-state index contributed by atoms with van der Waals surface area (Å²) < 4.78 is 5.42. The monoisotopic (exact) mass is 307 g/mol. The minimum Gasteiger partial charge on any atom is -0.494 e. The molecule has 120 valence electrons. The van der Waals surface area contributed by atoms with E-state index in [0.29, 0.717) is 17.9 Å². The molecule has 0 heterocycles. The molecule has 1 atom stereocenters. The zero-order valence-electron chi connectivity index (χ0n) is 12.8. The number of carboxylic acid groups (broad SMARTS) is 1. The van der Waals surface area contributed by atoms with E-state index >= 15 is 0 Å². The van der Waals surface area contributed by atoms with Gasteiger partial charge in [0.25, 0.3) is 0 Å². The molecule has 1 rings (SSSR count). The van der Waals surface area contributed by atoms with Crippen LogP contribution in [-0.4, -0.2) is 35.4 Å². The van der Waals surface area contributed by atoms with E-state index in [1.54, 1.807) is 24.3 Å². The second-order valence-corrected chi connectivity index (χ2v) is 4.92. The van der Waals surface area contributed by atoms with Crippen LogP contribution in [0.5, 0.6) is 5.75 Å². The number of carboxylic acids is 1. The zero-order chi connectivity index (χ0) is 16.5. The maximum Gasteiger partial charge on any atom is 0.325 e. The number of aliphatic carboxylic acids is 1. The Balaban J connectivity index is 2.45. The van der Waals surface area contributed by atoms with Crippen LogP contribution in [0.2, 0.25) is 0 Å². The molecule has 0 saturated carbocycles. The molecule has 0 saturated heterocycles. The molecule has 0 aliphatic rings. The van der Waals surface area contributed by atoms with Gasteiger partial charge in [-0.15, -0.1) is 0 Å². The van der Waals surface area contributed by atoms with Crippen molar-refractivity contribution in [2.24, 2.45) is 0 Å². The van der Waals surface area contributed by atoms with E-state index in [2.05, 4.69) is 5.32 Å². The lowest BCUT2D eigenvalue weighted by atomic mass is 10.1. The van der Waals surface area contributed by atoms with Crippen LogP contribution in [-0.2, 0) is 9.59 Å². The highest BCUT2D eigenvalue weighted by atomic mass is 16.5. The highest BCUT2D eigenvalue weighted by Gasteiger charge is 2.15. The quantitative estimate of drug-likeness (QED) is 0.681. The van der Waals surface area contributed by atoms with E-state index in [4.69, 9.17) is 9.84 Å². The molecule has 0 radical (unpaired) electrons. The maximum atomic E-state index is 12.0. The van der Waals surface area contributed by atoms with Crippen molar-refractivity contribution in [2.45, 2.75) is 39.2 Å². The summed E-state index contributed by atoms with van der Waals surface area (Å²) >= 11 is 0. The number of hydrogen-bond donors (Lipinski definition) is 2. The standard InChI is InChI=1S/C16H21NO5/c1-3-10-22-13-6-4-12(5-7-13)14(18)8-9-15(19)17-11(2)16(20)21/h4-7,11H,3,8-10H2,1-2H3,(H,17,19)(H,20,21). The van der Waals surface area contributed by atoms with Crippen LogP contribution in [0.25, 0.3) is 0 Å². The van der Waals surface area contributed by atoms with E-state index in [-0.39, 0.29) is 18.6 Å². The van der Waals surface area contributed by atoms with Gasteiger partial charge in [0, 0.05) is 18.4 Å². The Morgan fingerprint density at radius 3 is 2.36 bits per heavy atom. The number of carbonyl (C=O) groups excluding carboxylic acids is 2. The van der Waals surface area contributed by atoms with Gasteiger partial charge in [-0.25, -0.2) is 0 Å². The van der Waals surface area contributed by atoms with Crippen molar-refractivity contribution >= 4 is 17.7 Å². The number of ether oxygens (including phenoxy) is 1. The molecule has 0 fully saturated rings. The van der Waals surface area contributed by atoms with Crippen LogP contribution in [0.3, 0.4) is 0 Å². The Kier molecular flexibility index (Phi) is 7.08. The maximum absolute atomic E-state index is 12.0. The summed E-state index contributed by atoms with van der Waals surface area (Å²) in [4.78, 5) is 34.1. The molecule has 0 aliphatic heterocycles. The Bertz CT molecular complexity index is 524. The second-order valence-electron chi connectivity index (χ2n) is 4.92.